The van der Waals surface area contributed by atoms with E-state index in [0.29, 0.717) is 0 Å². The molecule has 33 heavy (non-hydrogen) atoms. The van der Waals surface area contributed by atoms with E-state index in [9.17, 15) is 0 Å². The molecule has 0 aliphatic heterocycles. The van der Waals surface area contributed by atoms with Crippen molar-refractivity contribution in [3.63, 3.8) is 0 Å². The molecule has 4 heteroatoms. The van der Waals surface area contributed by atoms with Crippen LogP contribution in [0.4, 0.5) is 0 Å². The molecule has 0 fully saturated rings. The van der Waals surface area contributed by atoms with E-state index in [0.717, 1.165) is 18.8 Å². The second-order valence-electron chi connectivity index (χ2n) is 10.9. The zero-order valence-electron chi connectivity index (χ0n) is 23.4. The van der Waals surface area contributed by atoms with E-state index >= 15 is 0 Å². The summed E-state index contributed by atoms with van der Waals surface area (Å²) in [4.78, 5) is 4.96. The molecule has 1 aromatic carbocycles. The normalized spacial score (nSPS) is 13.2. The van der Waals surface area contributed by atoms with Gasteiger partial charge >= 0.3 is 0 Å². The van der Waals surface area contributed by atoms with Gasteiger partial charge in [0.2, 0.25) is 0 Å². The van der Waals surface area contributed by atoms with E-state index in [2.05, 4.69) is 84.5 Å². The minimum Gasteiger partial charge on any atom is -0.493 e. The summed E-state index contributed by atoms with van der Waals surface area (Å²) in [6.07, 6.45) is 8.86. The Labute approximate surface area is 206 Å². The van der Waals surface area contributed by atoms with Crippen molar-refractivity contribution < 1.29 is 9.47 Å². The van der Waals surface area contributed by atoms with Crippen LogP contribution >= 0.6 is 0 Å². The van der Waals surface area contributed by atoms with Gasteiger partial charge in [-0.05, 0) is 149 Å². The molecular weight excluding hydrogens is 408 g/mol. The van der Waals surface area contributed by atoms with Gasteiger partial charge in [0.1, 0.15) is 5.75 Å². The van der Waals surface area contributed by atoms with Gasteiger partial charge in [0.05, 0.1) is 18.3 Å². The molecule has 0 bridgehead atoms. The van der Waals surface area contributed by atoms with E-state index in [1.165, 1.54) is 81.4 Å². The highest BCUT2D eigenvalue weighted by Crippen LogP contribution is 2.31. The Morgan fingerprint density at radius 2 is 1.33 bits per heavy atom. The Hall–Kier alpha value is -1.10. The van der Waals surface area contributed by atoms with Gasteiger partial charge in [0.25, 0.3) is 0 Å². The number of ether oxygens (including phenoxy) is 2. The number of hydrogen-bond donors (Lipinski definition) is 0. The van der Waals surface area contributed by atoms with E-state index in [4.69, 9.17) is 9.47 Å². The Kier molecular flexibility index (Phi) is 14.3. The van der Waals surface area contributed by atoms with Crippen molar-refractivity contribution in [2.24, 2.45) is 0 Å². The first-order valence-corrected chi connectivity index (χ1v) is 13.3. The summed E-state index contributed by atoms with van der Waals surface area (Å²) in [5.41, 5.74) is 3.55. The summed E-state index contributed by atoms with van der Waals surface area (Å²) >= 11 is 0. The quantitative estimate of drug-likeness (QED) is 0.229. The molecule has 0 N–H and O–H groups in total. The van der Waals surface area contributed by atoms with Crippen LogP contribution < -0.4 is 4.74 Å². The standard InChI is InChI=1S/C29H54N2O2/c1-10-11-17-30(8)19-14-15-20-31(9)18-13-12-16-21-32-28-23-24(2)27(22-25(28)3)26(4)33-29(5,6)7/h22-23,26H,10-21H2,1-9H3. The average Bonchev–Trinajstić information content (AvgIpc) is 2.72. The van der Waals surface area contributed by atoms with Crippen molar-refractivity contribution in [2.45, 2.75) is 105 Å². The Bertz CT molecular complexity index is 654. The number of hydrogen-bond acceptors (Lipinski definition) is 4. The summed E-state index contributed by atoms with van der Waals surface area (Å²) in [6.45, 7) is 20.7. The fourth-order valence-corrected chi connectivity index (χ4v) is 4.26. The smallest absolute Gasteiger partial charge is 0.122 e. The van der Waals surface area contributed by atoms with Crippen LogP contribution in [0.1, 0.15) is 102 Å². The van der Waals surface area contributed by atoms with Crippen molar-refractivity contribution in [3.05, 3.63) is 28.8 Å². The van der Waals surface area contributed by atoms with Gasteiger partial charge in [-0.1, -0.05) is 13.3 Å². The number of aryl methyl sites for hydroxylation is 2. The van der Waals surface area contributed by atoms with Crippen molar-refractivity contribution in [1.82, 2.24) is 9.80 Å². The Balaban J connectivity index is 2.23. The average molecular weight is 463 g/mol. The highest BCUT2D eigenvalue weighted by atomic mass is 16.5. The largest absolute Gasteiger partial charge is 0.493 e. The molecule has 0 aliphatic carbocycles. The molecule has 0 aliphatic rings. The molecule has 4 nitrogen and oxygen atoms in total. The molecule has 1 aromatic rings. The molecule has 1 rings (SSSR count). The van der Waals surface area contributed by atoms with E-state index in [-0.39, 0.29) is 11.7 Å². The molecular formula is C29H54N2O2. The molecule has 0 spiro atoms. The van der Waals surface area contributed by atoms with Gasteiger partial charge in [-0.25, -0.2) is 0 Å². The minimum absolute atomic E-state index is 0.0803. The van der Waals surface area contributed by atoms with Crippen LogP contribution in [0.5, 0.6) is 5.75 Å². The fourth-order valence-electron chi connectivity index (χ4n) is 4.26. The Morgan fingerprint density at radius 3 is 1.88 bits per heavy atom. The van der Waals surface area contributed by atoms with Crippen LogP contribution in [0.15, 0.2) is 12.1 Å². The highest BCUT2D eigenvalue weighted by molar-refractivity contribution is 5.42. The topological polar surface area (TPSA) is 24.9 Å². The Morgan fingerprint density at radius 1 is 0.788 bits per heavy atom. The second-order valence-corrected chi connectivity index (χ2v) is 10.9. The summed E-state index contributed by atoms with van der Waals surface area (Å²) in [7, 11) is 4.51. The van der Waals surface area contributed by atoms with Crippen LogP contribution in [0, 0.1) is 13.8 Å². The lowest BCUT2D eigenvalue weighted by molar-refractivity contribution is -0.0532. The van der Waals surface area contributed by atoms with Gasteiger partial charge in [-0.3, -0.25) is 0 Å². The lowest BCUT2D eigenvalue weighted by Crippen LogP contribution is -2.24. The maximum atomic E-state index is 6.15. The van der Waals surface area contributed by atoms with Crippen LogP contribution in [0.25, 0.3) is 0 Å². The first-order chi connectivity index (χ1) is 15.5. The van der Waals surface area contributed by atoms with Crippen molar-refractivity contribution >= 4 is 0 Å². The van der Waals surface area contributed by atoms with E-state index in [1.807, 2.05) is 0 Å². The van der Waals surface area contributed by atoms with Gasteiger partial charge in [0.15, 0.2) is 0 Å². The molecule has 0 radical (unpaired) electrons. The van der Waals surface area contributed by atoms with Gasteiger partial charge < -0.3 is 19.3 Å². The maximum Gasteiger partial charge on any atom is 0.122 e. The first-order valence-electron chi connectivity index (χ1n) is 13.3. The maximum absolute atomic E-state index is 6.15. The number of nitrogens with zero attached hydrogens (tertiary/aromatic N) is 2. The van der Waals surface area contributed by atoms with Crippen LogP contribution in [0.2, 0.25) is 0 Å². The molecule has 192 valence electrons. The molecule has 0 aromatic heterocycles. The predicted octanol–water partition coefficient (Wildman–Crippen LogP) is 7.17. The molecule has 1 atom stereocenters. The molecule has 1 unspecified atom stereocenters. The predicted molar refractivity (Wildman–Crippen MR) is 144 cm³/mol. The fraction of sp³-hybridized carbons (Fsp3) is 0.793. The van der Waals surface area contributed by atoms with Crippen LogP contribution in [0.3, 0.4) is 0 Å². The third-order valence-electron chi connectivity index (χ3n) is 6.20. The monoisotopic (exact) mass is 462 g/mol. The van der Waals surface area contributed by atoms with E-state index in [1.54, 1.807) is 0 Å². The summed E-state index contributed by atoms with van der Waals surface area (Å²) in [5, 5.41) is 0. The van der Waals surface area contributed by atoms with Gasteiger partial charge in [0, 0.05) is 0 Å². The third kappa shape index (κ3) is 13.4. The number of benzene rings is 1. The van der Waals surface area contributed by atoms with Gasteiger partial charge in [-0.15, -0.1) is 0 Å². The van der Waals surface area contributed by atoms with Gasteiger partial charge in [-0.2, -0.15) is 0 Å². The first kappa shape index (κ1) is 29.9. The van der Waals surface area contributed by atoms with Crippen molar-refractivity contribution in [1.29, 1.82) is 0 Å². The van der Waals surface area contributed by atoms with Crippen molar-refractivity contribution in [3.8, 4) is 5.75 Å². The second kappa shape index (κ2) is 15.7. The minimum atomic E-state index is -0.145. The summed E-state index contributed by atoms with van der Waals surface area (Å²) < 4.78 is 12.3. The SMILES string of the molecule is CCCCN(C)CCCCN(C)CCCCCOc1cc(C)c(C(C)OC(C)(C)C)cc1C. The van der Waals surface area contributed by atoms with E-state index < -0.39 is 0 Å². The third-order valence-corrected chi connectivity index (χ3v) is 6.20. The van der Waals surface area contributed by atoms with Crippen LogP contribution in [-0.2, 0) is 4.74 Å². The molecule has 0 saturated carbocycles. The number of unbranched alkanes of at least 4 members (excludes halogenated alkanes) is 4. The lowest BCUT2D eigenvalue weighted by atomic mass is 10.00. The van der Waals surface area contributed by atoms with Crippen LogP contribution in [-0.4, -0.2) is 62.3 Å². The summed E-state index contributed by atoms with van der Waals surface area (Å²) in [6, 6.07) is 4.41. The van der Waals surface area contributed by atoms with Crippen molar-refractivity contribution in [2.75, 3.05) is 46.9 Å². The molecule has 0 amide bonds. The number of rotatable bonds is 17. The molecule has 0 saturated heterocycles. The zero-order chi connectivity index (χ0) is 24.9. The zero-order valence-corrected chi connectivity index (χ0v) is 23.4. The molecule has 0 heterocycles. The lowest BCUT2D eigenvalue weighted by Gasteiger charge is -2.27. The summed E-state index contributed by atoms with van der Waals surface area (Å²) in [5.74, 6) is 1.01. The highest BCUT2D eigenvalue weighted by Gasteiger charge is 2.19.